The van der Waals surface area contributed by atoms with Crippen LogP contribution in [-0.2, 0) is 6.16 Å². The van der Waals surface area contributed by atoms with E-state index in [1.807, 2.05) is 0 Å². The van der Waals surface area contributed by atoms with Gasteiger partial charge in [0.2, 0.25) is 0 Å². The molecule has 0 aliphatic heterocycles. The van der Waals surface area contributed by atoms with Crippen molar-refractivity contribution >= 4 is 7.92 Å². The minimum absolute atomic E-state index is 0.120. The Balaban J connectivity index is 1.61. The summed E-state index contributed by atoms with van der Waals surface area (Å²) >= 11 is 0. The summed E-state index contributed by atoms with van der Waals surface area (Å²) in [5.74, 6) is 0. The number of hydrogen-bond donors (Lipinski definition) is 0. The quantitative estimate of drug-likeness (QED) is 0.471. The fourth-order valence-corrected chi connectivity index (χ4v) is 8.97. The van der Waals surface area contributed by atoms with Crippen molar-refractivity contribution in [1.82, 2.24) is 0 Å². The highest BCUT2D eigenvalue weighted by Gasteiger charge is 2.31. The molecule has 2 aliphatic rings. The Kier molecular flexibility index (Phi) is 6.44. The van der Waals surface area contributed by atoms with Crippen LogP contribution in [0.3, 0.4) is 0 Å². The first kappa shape index (κ1) is 18.2. The van der Waals surface area contributed by atoms with Gasteiger partial charge in [0.25, 0.3) is 0 Å². The minimum atomic E-state index is 0.120. The molecule has 26 heavy (non-hydrogen) atoms. The maximum absolute atomic E-state index is 2.42. The lowest BCUT2D eigenvalue weighted by molar-refractivity contribution is 0.484. The molecule has 2 aromatic carbocycles. The van der Waals surface area contributed by atoms with Crippen molar-refractivity contribution in [2.24, 2.45) is 0 Å². The third-order valence-corrected chi connectivity index (χ3v) is 10.2. The first-order valence-corrected chi connectivity index (χ1v) is 12.5. The van der Waals surface area contributed by atoms with Gasteiger partial charge in [-0.3, -0.25) is 0 Å². The maximum atomic E-state index is 2.42. The maximum Gasteiger partial charge on any atom is -0.00620 e. The monoisotopic (exact) mass is 364 g/mol. The summed E-state index contributed by atoms with van der Waals surface area (Å²) in [6, 6.07) is 20.3. The van der Waals surface area contributed by atoms with Crippen LogP contribution in [0.15, 0.2) is 54.6 Å². The van der Waals surface area contributed by atoms with Crippen LogP contribution in [0.2, 0.25) is 0 Å². The Labute approximate surface area is 161 Å². The zero-order chi connectivity index (χ0) is 17.6. The highest BCUT2D eigenvalue weighted by atomic mass is 31.1. The third-order valence-electron chi connectivity index (χ3n) is 6.54. The molecule has 0 aromatic heterocycles. The lowest BCUT2D eigenvalue weighted by atomic mass is 9.99. The highest BCUT2D eigenvalue weighted by molar-refractivity contribution is 7.58. The Morgan fingerprint density at radius 1 is 0.615 bits per heavy atom. The molecule has 0 atom stereocenters. The molecule has 0 saturated heterocycles. The van der Waals surface area contributed by atoms with E-state index in [1.165, 1.54) is 81.5 Å². The second-order valence-electron chi connectivity index (χ2n) is 8.28. The highest BCUT2D eigenvalue weighted by Crippen LogP contribution is 2.58. The molecule has 0 spiro atoms. The fraction of sp³-hybridized carbons (Fsp3) is 0.520. The molecule has 4 rings (SSSR count). The van der Waals surface area contributed by atoms with E-state index in [4.69, 9.17) is 0 Å². The second-order valence-corrected chi connectivity index (χ2v) is 11.1. The average Bonchev–Trinajstić information content (AvgIpc) is 2.74. The van der Waals surface area contributed by atoms with E-state index < -0.39 is 0 Å². The SMILES string of the molecule is c1ccc(-c2ccccc2CP(C2CCCCC2)C2CCCCC2)cc1. The van der Waals surface area contributed by atoms with E-state index in [9.17, 15) is 0 Å². The van der Waals surface area contributed by atoms with E-state index in [2.05, 4.69) is 54.6 Å². The Morgan fingerprint density at radius 2 is 1.15 bits per heavy atom. The molecular formula is C25H33P. The van der Waals surface area contributed by atoms with Crippen LogP contribution < -0.4 is 0 Å². The van der Waals surface area contributed by atoms with Gasteiger partial charge in [0, 0.05) is 0 Å². The lowest BCUT2D eigenvalue weighted by Crippen LogP contribution is -2.21. The molecule has 138 valence electrons. The Morgan fingerprint density at radius 3 is 1.77 bits per heavy atom. The minimum Gasteiger partial charge on any atom is -0.0958 e. The summed E-state index contributed by atoms with van der Waals surface area (Å²) < 4.78 is 0. The van der Waals surface area contributed by atoms with E-state index >= 15 is 0 Å². The van der Waals surface area contributed by atoms with Crippen molar-refractivity contribution in [2.45, 2.75) is 81.7 Å². The van der Waals surface area contributed by atoms with Crippen LogP contribution in [0.1, 0.15) is 69.8 Å². The number of rotatable bonds is 5. The molecule has 0 bridgehead atoms. The standard InChI is InChI=1S/C25H33P/c1-4-12-21(13-5-1)25-19-11-10-14-22(25)20-26(23-15-6-2-7-16-23)24-17-8-3-9-18-24/h1,4-5,10-14,19,23-24H,2-3,6-9,15-18,20H2. The van der Waals surface area contributed by atoms with Crippen molar-refractivity contribution in [3.8, 4) is 11.1 Å². The molecule has 0 heterocycles. The molecule has 2 aliphatic carbocycles. The normalized spacial score (nSPS) is 19.7. The first-order valence-electron chi connectivity index (χ1n) is 10.8. The smallest absolute Gasteiger partial charge is 0.00620 e. The Bertz CT molecular complexity index is 648. The van der Waals surface area contributed by atoms with Gasteiger partial charge >= 0.3 is 0 Å². The summed E-state index contributed by atoms with van der Waals surface area (Å²) in [5.41, 5.74) is 6.55. The molecule has 2 saturated carbocycles. The van der Waals surface area contributed by atoms with Gasteiger partial charge in [0.15, 0.2) is 0 Å². The lowest BCUT2D eigenvalue weighted by Gasteiger charge is -2.39. The van der Waals surface area contributed by atoms with Gasteiger partial charge in [-0.2, -0.15) is 0 Å². The molecular weight excluding hydrogens is 331 g/mol. The van der Waals surface area contributed by atoms with E-state index in [1.54, 1.807) is 5.56 Å². The van der Waals surface area contributed by atoms with E-state index in [-0.39, 0.29) is 7.92 Å². The van der Waals surface area contributed by atoms with Crippen molar-refractivity contribution in [1.29, 1.82) is 0 Å². The van der Waals surface area contributed by atoms with Gasteiger partial charge < -0.3 is 0 Å². The summed E-state index contributed by atoms with van der Waals surface area (Å²) in [7, 11) is 0.120. The molecule has 0 N–H and O–H groups in total. The molecule has 2 aromatic rings. The van der Waals surface area contributed by atoms with Crippen molar-refractivity contribution in [3.63, 3.8) is 0 Å². The van der Waals surface area contributed by atoms with Crippen LogP contribution in [0.4, 0.5) is 0 Å². The third kappa shape index (κ3) is 4.40. The van der Waals surface area contributed by atoms with Gasteiger partial charge in [-0.15, -0.1) is 0 Å². The van der Waals surface area contributed by atoms with Gasteiger partial charge in [-0.05, 0) is 59.9 Å². The molecule has 0 amide bonds. The molecule has 0 nitrogen and oxygen atoms in total. The number of hydrogen-bond acceptors (Lipinski definition) is 0. The van der Waals surface area contributed by atoms with Crippen LogP contribution >= 0.6 is 7.92 Å². The summed E-state index contributed by atoms with van der Waals surface area (Å²) in [5, 5.41) is 0. The predicted molar refractivity (Wildman–Crippen MR) is 116 cm³/mol. The topological polar surface area (TPSA) is 0 Å². The first-order chi connectivity index (χ1) is 12.9. The zero-order valence-electron chi connectivity index (χ0n) is 16.1. The number of benzene rings is 2. The zero-order valence-corrected chi connectivity index (χ0v) is 17.0. The van der Waals surface area contributed by atoms with Crippen molar-refractivity contribution < 1.29 is 0 Å². The molecule has 2 fully saturated rings. The van der Waals surface area contributed by atoms with E-state index in [0.717, 1.165) is 11.3 Å². The van der Waals surface area contributed by atoms with Crippen molar-refractivity contribution in [2.75, 3.05) is 0 Å². The van der Waals surface area contributed by atoms with Gasteiger partial charge in [0.1, 0.15) is 0 Å². The average molecular weight is 365 g/mol. The molecule has 1 heteroatoms. The largest absolute Gasteiger partial charge is 0.0958 e. The van der Waals surface area contributed by atoms with Crippen LogP contribution in [0.25, 0.3) is 11.1 Å². The molecule has 0 unspecified atom stereocenters. The fourth-order valence-electron chi connectivity index (χ4n) is 5.14. The van der Waals surface area contributed by atoms with Gasteiger partial charge in [-0.1, -0.05) is 101 Å². The second kappa shape index (κ2) is 9.18. The Hall–Kier alpha value is -1.13. The predicted octanol–water partition coefficient (Wildman–Crippen LogP) is 8.00. The van der Waals surface area contributed by atoms with Crippen LogP contribution in [0, 0.1) is 0 Å². The summed E-state index contributed by atoms with van der Waals surface area (Å²) in [6.07, 6.45) is 16.3. The van der Waals surface area contributed by atoms with Crippen LogP contribution in [-0.4, -0.2) is 11.3 Å². The summed E-state index contributed by atoms with van der Waals surface area (Å²) in [6.45, 7) is 0. The summed E-state index contributed by atoms with van der Waals surface area (Å²) in [4.78, 5) is 0. The van der Waals surface area contributed by atoms with E-state index in [0.29, 0.717) is 0 Å². The van der Waals surface area contributed by atoms with Gasteiger partial charge in [0.05, 0.1) is 0 Å². The van der Waals surface area contributed by atoms with Crippen molar-refractivity contribution in [3.05, 3.63) is 60.2 Å². The molecule has 0 radical (unpaired) electrons. The van der Waals surface area contributed by atoms with Gasteiger partial charge in [-0.25, -0.2) is 0 Å². The van der Waals surface area contributed by atoms with Crippen LogP contribution in [0.5, 0.6) is 0 Å².